The summed E-state index contributed by atoms with van der Waals surface area (Å²) in [5, 5.41) is 0. The van der Waals surface area contributed by atoms with Crippen LogP contribution in [0.4, 0.5) is 13.2 Å². The molecule has 2 aromatic carbocycles. The summed E-state index contributed by atoms with van der Waals surface area (Å²) >= 11 is 0. The molecule has 0 amide bonds. The van der Waals surface area contributed by atoms with Crippen LogP contribution in [-0.4, -0.2) is 21.6 Å². The molecule has 0 saturated heterocycles. The van der Waals surface area contributed by atoms with Crippen molar-refractivity contribution in [1.29, 1.82) is 0 Å². The smallest absolute Gasteiger partial charge is 0.416 e. The maximum Gasteiger partial charge on any atom is 0.416 e. The van der Waals surface area contributed by atoms with E-state index >= 15 is 0 Å². The first-order chi connectivity index (χ1) is 17.2. The summed E-state index contributed by atoms with van der Waals surface area (Å²) in [6.45, 7) is 6.43. The minimum Gasteiger partial charge on any atom is -0.461 e. The molecule has 2 fully saturated rings. The fraction of sp³-hybridized carbons (Fsp3) is 0.517. The van der Waals surface area contributed by atoms with Gasteiger partial charge in [0.15, 0.2) is 0 Å². The summed E-state index contributed by atoms with van der Waals surface area (Å²) in [6.07, 6.45) is 2.56. The number of halogens is 3. The molecule has 1 aromatic heterocycles. The average molecular weight is 501 g/mol. The Hall–Kier alpha value is -2.83. The predicted octanol–water partition coefficient (Wildman–Crippen LogP) is 8.21. The summed E-state index contributed by atoms with van der Waals surface area (Å²) in [4.78, 5) is 18.2. The van der Waals surface area contributed by atoms with Gasteiger partial charge in [0.1, 0.15) is 18.0 Å². The quantitative estimate of drug-likeness (QED) is 0.332. The van der Waals surface area contributed by atoms with Crippen LogP contribution in [0.25, 0.3) is 22.4 Å². The maximum absolute atomic E-state index is 13.5. The number of carbonyl (C=O) groups is 1. The van der Waals surface area contributed by atoms with Crippen LogP contribution in [-0.2, 0) is 15.7 Å². The predicted molar refractivity (Wildman–Crippen MR) is 135 cm³/mol. The van der Waals surface area contributed by atoms with E-state index in [0.29, 0.717) is 22.8 Å². The SMILES string of the molecule is CC1CCCC(OC(=O)C(C2CC2)n2c(-c3ccc(C(F)(F)F)cc3)nc3ccccc32)C1.CCC. The molecule has 0 bridgehead atoms. The molecule has 4 nitrogen and oxygen atoms in total. The molecule has 0 aliphatic heterocycles. The molecule has 36 heavy (non-hydrogen) atoms. The van der Waals surface area contributed by atoms with E-state index in [-0.39, 0.29) is 18.0 Å². The van der Waals surface area contributed by atoms with E-state index in [4.69, 9.17) is 9.72 Å². The summed E-state index contributed by atoms with van der Waals surface area (Å²) in [6, 6.07) is 12.0. The number of rotatable bonds is 5. The lowest BCUT2D eigenvalue weighted by molar-refractivity contribution is -0.156. The highest BCUT2D eigenvalue weighted by Gasteiger charge is 2.42. The molecule has 0 radical (unpaired) electrons. The standard InChI is InChI=1S/C26H27F3N2O2.C3H8/c1-16-5-4-6-20(15-16)33-25(32)23(17-9-10-17)31-22-8-3-2-7-21(22)30-24(31)18-11-13-19(14-12-18)26(27,28)29;1-3-2/h2-3,7-8,11-14,16-17,20,23H,4-6,9-10,15H2,1H3;3H2,1-2H3. The first-order valence-corrected chi connectivity index (χ1v) is 13.1. The van der Waals surface area contributed by atoms with E-state index in [1.807, 2.05) is 28.8 Å². The third kappa shape index (κ3) is 5.93. The van der Waals surface area contributed by atoms with Crippen LogP contribution in [0.15, 0.2) is 48.5 Å². The number of nitrogens with zero attached hydrogens (tertiary/aromatic N) is 2. The molecule has 3 atom stereocenters. The molecule has 7 heteroatoms. The largest absolute Gasteiger partial charge is 0.461 e. The second-order valence-electron chi connectivity index (χ2n) is 10.2. The van der Waals surface area contributed by atoms with Gasteiger partial charge in [0.2, 0.25) is 0 Å². The first-order valence-electron chi connectivity index (χ1n) is 13.1. The monoisotopic (exact) mass is 500 g/mol. The lowest BCUT2D eigenvalue weighted by atomic mass is 9.88. The maximum atomic E-state index is 13.5. The minimum atomic E-state index is -4.41. The molecular weight excluding hydrogens is 465 g/mol. The Kier molecular flexibility index (Phi) is 8.06. The zero-order chi connectivity index (χ0) is 25.9. The van der Waals surface area contributed by atoms with Gasteiger partial charge in [0.25, 0.3) is 0 Å². The molecule has 0 N–H and O–H groups in total. The summed E-state index contributed by atoms with van der Waals surface area (Å²) in [5.41, 5.74) is 1.33. The second-order valence-corrected chi connectivity index (χ2v) is 10.2. The zero-order valence-corrected chi connectivity index (χ0v) is 21.2. The van der Waals surface area contributed by atoms with Gasteiger partial charge >= 0.3 is 12.1 Å². The number of imidazole rings is 1. The number of hydrogen-bond donors (Lipinski definition) is 0. The number of hydrogen-bond acceptors (Lipinski definition) is 3. The van der Waals surface area contributed by atoms with Gasteiger partial charge in [-0.1, -0.05) is 57.9 Å². The van der Waals surface area contributed by atoms with Crippen molar-refractivity contribution in [1.82, 2.24) is 9.55 Å². The van der Waals surface area contributed by atoms with E-state index in [1.165, 1.54) is 18.6 Å². The Morgan fingerprint density at radius 2 is 1.72 bits per heavy atom. The van der Waals surface area contributed by atoms with Crippen molar-refractivity contribution >= 4 is 17.0 Å². The molecule has 0 spiro atoms. The molecule has 3 unspecified atom stereocenters. The van der Waals surface area contributed by atoms with E-state index in [0.717, 1.165) is 56.2 Å². The molecular formula is C29H35F3N2O2. The van der Waals surface area contributed by atoms with Crippen LogP contribution in [0.5, 0.6) is 0 Å². The van der Waals surface area contributed by atoms with E-state index < -0.39 is 17.8 Å². The highest BCUT2D eigenvalue weighted by molar-refractivity contribution is 5.85. The summed E-state index contributed by atoms with van der Waals surface area (Å²) in [7, 11) is 0. The Bertz CT molecular complexity index is 1170. The molecule has 194 valence electrons. The van der Waals surface area contributed by atoms with Gasteiger partial charge in [0, 0.05) is 5.56 Å². The van der Waals surface area contributed by atoms with Gasteiger partial charge in [-0.05, 0) is 68.2 Å². The van der Waals surface area contributed by atoms with Gasteiger partial charge < -0.3 is 9.30 Å². The first kappa shape index (κ1) is 26.2. The Balaban J connectivity index is 0.000000967. The van der Waals surface area contributed by atoms with Gasteiger partial charge in [-0.3, -0.25) is 0 Å². The number of aromatic nitrogens is 2. The average Bonchev–Trinajstić information content (AvgIpc) is 3.60. The number of benzene rings is 2. The molecule has 2 aliphatic rings. The third-order valence-corrected chi connectivity index (χ3v) is 6.83. The van der Waals surface area contributed by atoms with Crippen LogP contribution in [0.3, 0.4) is 0 Å². The van der Waals surface area contributed by atoms with Crippen LogP contribution in [0.2, 0.25) is 0 Å². The molecule has 2 aliphatic carbocycles. The molecule has 5 rings (SSSR count). The van der Waals surface area contributed by atoms with Crippen LogP contribution >= 0.6 is 0 Å². The van der Waals surface area contributed by atoms with Crippen LogP contribution < -0.4 is 0 Å². The van der Waals surface area contributed by atoms with Crippen LogP contribution in [0.1, 0.15) is 77.3 Å². The molecule has 1 heterocycles. The number of carbonyl (C=O) groups excluding carboxylic acids is 1. The zero-order valence-electron chi connectivity index (χ0n) is 21.2. The number of alkyl halides is 3. The fourth-order valence-corrected chi connectivity index (χ4v) is 4.98. The fourth-order valence-electron chi connectivity index (χ4n) is 4.98. The Morgan fingerprint density at radius 3 is 2.33 bits per heavy atom. The highest BCUT2D eigenvalue weighted by Crippen LogP contribution is 2.44. The van der Waals surface area contributed by atoms with Crippen molar-refractivity contribution in [2.75, 3.05) is 0 Å². The summed E-state index contributed by atoms with van der Waals surface area (Å²) < 4.78 is 47.2. The van der Waals surface area contributed by atoms with Crippen molar-refractivity contribution < 1.29 is 22.7 Å². The van der Waals surface area contributed by atoms with Crippen molar-refractivity contribution in [3.8, 4) is 11.4 Å². The van der Waals surface area contributed by atoms with E-state index in [9.17, 15) is 18.0 Å². The van der Waals surface area contributed by atoms with E-state index in [2.05, 4.69) is 20.8 Å². The van der Waals surface area contributed by atoms with E-state index in [1.54, 1.807) is 0 Å². The van der Waals surface area contributed by atoms with Gasteiger partial charge in [-0.25, -0.2) is 9.78 Å². The second kappa shape index (κ2) is 11.1. The lowest BCUT2D eigenvalue weighted by Gasteiger charge is -2.29. The molecule has 3 aromatic rings. The van der Waals surface area contributed by atoms with Crippen molar-refractivity contribution in [2.24, 2.45) is 11.8 Å². The molecule has 2 saturated carbocycles. The number of para-hydroxylation sites is 2. The number of esters is 1. The minimum absolute atomic E-state index is 0.0770. The lowest BCUT2D eigenvalue weighted by Crippen LogP contribution is -2.31. The van der Waals surface area contributed by atoms with Crippen molar-refractivity contribution in [3.63, 3.8) is 0 Å². The Labute approximate surface area is 210 Å². The highest BCUT2D eigenvalue weighted by atomic mass is 19.4. The summed E-state index contributed by atoms with van der Waals surface area (Å²) in [5.74, 6) is 0.917. The normalized spacial score (nSPS) is 20.9. The third-order valence-electron chi connectivity index (χ3n) is 6.83. The van der Waals surface area contributed by atoms with Gasteiger partial charge in [0.05, 0.1) is 16.6 Å². The van der Waals surface area contributed by atoms with Crippen LogP contribution in [0, 0.1) is 11.8 Å². The van der Waals surface area contributed by atoms with Crippen molar-refractivity contribution in [2.45, 2.75) is 84.0 Å². The number of fused-ring (bicyclic) bond motifs is 1. The topological polar surface area (TPSA) is 44.1 Å². The van der Waals surface area contributed by atoms with Gasteiger partial charge in [-0.2, -0.15) is 13.2 Å². The van der Waals surface area contributed by atoms with Gasteiger partial charge in [-0.15, -0.1) is 0 Å². The number of ether oxygens (including phenoxy) is 1. The Morgan fingerprint density at radius 1 is 1.06 bits per heavy atom. The van der Waals surface area contributed by atoms with Crippen molar-refractivity contribution in [3.05, 3.63) is 54.1 Å².